The number of pyridine rings is 1. The van der Waals surface area contributed by atoms with Crippen molar-refractivity contribution in [3.05, 3.63) is 78.4 Å². The zero-order valence-electron chi connectivity index (χ0n) is 16.8. The summed E-state index contributed by atoms with van der Waals surface area (Å²) in [4.78, 5) is 24.9. The first-order valence-corrected chi connectivity index (χ1v) is 11.5. The summed E-state index contributed by atoms with van der Waals surface area (Å²) < 4.78 is 19.5. The first-order valence-electron chi connectivity index (χ1n) is 9.66. The monoisotopic (exact) mass is 453 g/mol. The Bertz CT molecular complexity index is 1170. The van der Waals surface area contributed by atoms with Gasteiger partial charge in [-0.15, -0.1) is 11.8 Å². The van der Waals surface area contributed by atoms with Crippen molar-refractivity contribution in [2.24, 2.45) is 0 Å². The molecule has 4 rings (SSSR count). The second-order valence-corrected chi connectivity index (χ2v) is 8.83. The zero-order chi connectivity index (χ0) is 21.6. The highest BCUT2D eigenvalue weighted by atomic mass is 32.2. The number of carbonyl (C=O) groups excluding carboxylic acids is 1. The van der Waals surface area contributed by atoms with E-state index >= 15 is 0 Å². The highest BCUT2D eigenvalue weighted by Crippen LogP contribution is 2.35. The lowest BCUT2D eigenvalue weighted by Gasteiger charge is -2.19. The molecule has 0 radical (unpaired) electrons. The number of hydrogen-bond acceptors (Lipinski definition) is 6. The Morgan fingerprint density at radius 1 is 1.13 bits per heavy atom. The minimum absolute atomic E-state index is 0.0433. The molecule has 1 amide bonds. The summed E-state index contributed by atoms with van der Waals surface area (Å²) in [7, 11) is 1.61. The summed E-state index contributed by atoms with van der Waals surface area (Å²) in [5, 5.41) is 0.613. The second kappa shape index (κ2) is 9.89. The largest absolute Gasteiger partial charge is 0.494 e. The first kappa shape index (κ1) is 21.3. The fraction of sp³-hybridized carbons (Fsp3) is 0.174. The van der Waals surface area contributed by atoms with Crippen LogP contribution in [0.5, 0.6) is 5.75 Å². The molecule has 31 heavy (non-hydrogen) atoms. The summed E-state index contributed by atoms with van der Waals surface area (Å²) in [5.74, 6) is 0.945. The summed E-state index contributed by atoms with van der Waals surface area (Å²) in [6, 6.07) is 17.6. The molecule has 0 spiro atoms. The maximum absolute atomic E-state index is 13.2. The van der Waals surface area contributed by atoms with Gasteiger partial charge in [-0.2, -0.15) is 0 Å². The van der Waals surface area contributed by atoms with Gasteiger partial charge in [0.25, 0.3) is 0 Å². The Morgan fingerprint density at radius 3 is 2.71 bits per heavy atom. The number of thiazole rings is 1. The molecule has 0 N–H and O–H groups in total. The van der Waals surface area contributed by atoms with Crippen LogP contribution in [0.1, 0.15) is 12.1 Å². The van der Waals surface area contributed by atoms with Gasteiger partial charge in [0, 0.05) is 23.3 Å². The maximum Gasteiger partial charge on any atom is 0.229 e. The van der Waals surface area contributed by atoms with Gasteiger partial charge in [0.1, 0.15) is 17.1 Å². The van der Waals surface area contributed by atoms with Crippen molar-refractivity contribution in [2.75, 3.05) is 17.8 Å². The Kier molecular flexibility index (Phi) is 6.79. The van der Waals surface area contributed by atoms with Crippen LogP contribution in [0.25, 0.3) is 10.2 Å². The third kappa shape index (κ3) is 5.21. The molecule has 2 aromatic carbocycles. The van der Waals surface area contributed by atoms with E-state index in [0.717, 1.165) is 20.8 Å². The Morgan fingerprint density at radius 2 is 1.97 bits per heavy atom. The van der Waals surface area contributed by atoms with Crippen molar-refractivity contribution in [3.8, 4) is 5.75 Å². The van der Waals surface area contributed by atoms with Gasteiger partial charge in [-0.1, -0.05) is 23.5 Å². The number of carbonyl (C=O) groups is 1. The van der Waals surface area contributed by atoms with Gasteiger partial charge in [-0.25, -0.2) is 9.37 Å². The van der Waals surface area contributed by atoms with Crippen LogP contribution in [0.3, 0.4) is 0 Å². The van der Waals surface area contributed by atoms with Crippen LogP contribution >= 0.6 is 23.1 Å². The molecule has 2 heterocycles. The molecule has 0 bridgehead atoms. The van der Waals surface area contributed by atoms with Crippen molar-refractivity contribution >= 4 is 44.4 Å². The van der Waals surface area contributed by atoms with Crippen LogP contribution in [0.2, 0.25) is 0 Å². The fourth-order valence-corrected chi connectivity index (χ4v) is 4.87. The van der Waals surface area contributed by atoms with E-state index in [2.05, 4.69) is 4.98 Å². The van der Waals surface area contributed by atoms with E-state index in [1.54, 1.807) is 30.3 Å². The number of amides is 1. The van der Waals surface area contributed by atoms with Gasteiger partial charge >= 0.3 is 0 Å². The number of rotatable bonds is 8. The third-order valence-corrected chi connectivity index (χ3v) is 6.62. The normalized spacial score (nSPS) is 10.9. The number of benzene rings is 2. The predicted octanol–water partition coefficient (Wildman–Crippen LogP) is 5.55. The Hall–Kier alpha value is -2.97. The van der Waals surface area contributed by atoms with Gasteiger partial charge < -0.3 is 4.74 Å². The van der Waals surface area contributed by atoms with Crippen molar-refractivity contribution in [2.45, 2.75) is 17.9 Å². The van der Waals surface area contributed by atoms with Crippen molar-refractivity contribution < 1.29 is 13.9 Å². The summed E-state index contributed by atoms with van der Waals surface area (Å²) >= 11 is 2.97. The van der Waals surface area contributed by atoms with E-state index in [1.807, 2.05) is 36.4 Å². The molecule has 4 aromatic rings. The first-order chi connectivity index (χ1) is 15.1. The van der Waals surface area contributed by atoms with Crippen molar-refractivity contribution in [1.29, 1.82) is 0 Å². The van der Waals surface area contributed by atoms with Gasteiger partial charge in [0.05, 0.1) is 24.0 Å². The molecule has 0 aliphatic rings. The smallest absolute Gasteiger partial charge is 0.229 e. The number of hydrogen-bond donors (Lipinski definition) is 0. The topological polar surface area (TPSA) is 55.3 Å². The quantitative estimate of drug-likeness (QED) is 0.327. The molecule has 0 atom stereocenters. The average Bonchev–Trinajstić information content (AvgIpc) is 3.23. The molecule has 0 unspecified atom stereocenters. The molecule has 0 saturated carbocycles. The minimum atomic E-state index is -0.270. The van der Waals surface area contributed by atoms with E-state index in [0.29, 0.717) is 29.6 Å². The number of thioether (sulfide) groups is 1. The number of anilines is 1. The molecule has 0 aliphatic carbocycles. The third-order valence-electron chi connectivity index (χ3n) is 4.57. The molecular formula is C23H20FN3O2S2. The van der Waals surface area contributed by atoms with Crippen LogP contribution < -0.4 is 9.64 Å². The van der Waals surface area contributed by atoms with Crippen LogP contribution in [-0.4, -0.2) is 28.7 Å². The average molecular weight is 454 g/mol. The number of fused-ring (bicyclic) bond motifs is 1. The SMILES string of the molecule is COc1cccc2sc(N(Cc3ccccn3)C(=O)CCSc3ccc(F)cc3)nc12. The van der Waals surface area contributed by atoms with Gasteiger partial charge in [-0.05, 0) is 48.5 Å². The molecule has 0 fully saturated rings. The van der Waals surface area contributed by atoms with Gasteiger partial charge in [0.2, 0.25) is 5.91 Å². The second-order valence-electron chi connectivity index (χ2n) is 6.66. The van der Waals surface area contributed by atoms with E-state index < -0.39 is 0 Å². The highest BCUT2D eigenvalue weighted by Gasteiger charge is 2.21. The molecule has 5 nitrogen and oxygen atoms in total. The van der Waals surface area contributed by atoms with Crippen LogP contribution in [-0.2, 0) is 11.3 Å². The van der Waals surface area contributed by atoms with Crippen LogP contribution in [0.15, 0.2) is 71.8 Å². The number of ether oxygens (including phenoxy) is 1. The Labute approximate surface area is 187 Å². The highest BCUT2D eigenvalue weighted by molar-refractivity contribution is 7.99. The Balaban J connectivity index is 1.55. The number of methoxy groups -OCH3 is 1. The number of halogens is 1. The van der Waals surface area contributed by atoms with Gasteiger partial charge in [-0.3, -0.25) is 14.7 Å². The van der Waals surface area contributed by atoms with E-state index in [9.17, 15) is 9.18 Å². The lowest BCUT2D eigenvalue weighted by atomic mass is 10.3. The van der Waals surface area contributed by atoms with E-state index in [1.165, 1.54) is 35.2 Å². The van der Waals surface area contributed by atoms with Crippen molar-refractivity contribution in [1.82, 2.24) is 9.97 Å². The number of aromatic nitrogens is 2. The van der Waals surface area contributed by atoms with Crippen molar-refractivity contribution in [3.63, 3.8) is 0 Å². The minimum Gasteiger partial charge on any atom is -0.494 e. The summed E-state index contributed by atoms with van der Waals surface area (Å²) in [5.41, 5.74) is 1.53. The molecule has 158 valence electrons. The summed E-state index contributed by atoms with van der Waals surface area (Å²) in [6.45, 7) is 0.336. The molecule has 0 saturated heterocycles. The van der Waals surface area contributed by atoms with Crippen LogP contribution in [0.4, 0.5) is 9.52 Å². The maximum atomic E-state index is 13.2. The zero-order valence-corrected chi connectivity index (χ0v) is 18.5. The molecule has 8 heteroatoms. The lowest BCUT2D eigenvalue weighted by molar-refractivity contribution is -0.118. The molecule has 2 aromatic heterocycles. The predicted molar refractivity (Wildman–Crippen MR) is 123 cm³/mol. The van der Waals surface area contributed by atoms with Crippen LogP contribution in [0, 0.1) is 5.82 Å². The van der Waals surface area contributed by atoms with Gasteiger partial charge in [0.15, 0.2) is 5.13 Å². The summed E-state index contributed by atoms with van der Waals surface area (Å²) in [6.07, 6.45) is 2.03. The fourth-order valence-electron chi connectivity index (χ4n) is 3.03. The molecular weight excluding hydrogens is 433 g/mol. The number of nitrogens with zero attached hydrogens (tertiary/aromatic N) is 3. The van der Waals surface area contributed by atoms with E-state index in [4.69, 9.17) is 9.72 Å². The standard InChI is InChI=1S/C23H20FN3O2S2/c1-29-19-6-4-7-20-22(19)26-23(31-20)27(15-17-5-2-3-13-25-17)21(28)12-14-30-18-10-8-16(24)9-11-18/h2-11,13H,12,14-15H2,1H3. The number of para-hydroxylation sites is 1. The van der Waals surface area contributed by atoms with E-state index in [-0.39, 0.29) is 11.7 Å². The lowest BCUT2D eigenvalue weighted by Crippen LogP contribution is -2.30. The molecule has 0 aliphatic heterocycles.